The van der Waals surface area contributed by atoms with E-state index in [1.807, 2.05) is 0 Å². The molecule has 0 saturated heterocycles. The number of benzene rings is 1. The number of hydrogen-bond donors (Lipinski definition) is 2. The van der Waals surface area contributed by atoms with Gasteiger partial charge in [0, 0.05) is 25.2 Å². The first-order valence-corrected chi connectivity index (χ1v) is 6.27. The Morgan fingerprint density at radius 1 is 1.33 bits per heavy atom. The summed E-state index contributed by atoms with van der Waals surface area (Å²) >= 11 is 0. The van der Waals surface area contributed by atoms with Gasteiger partial charge in [-0.3, -0.25) is 4.79 Å². The molecule has 8 heteroatoms. The fourth-order valence-corrected chi connectivity index (χ4v) is 1.57. The van der Waals surface area contributed by atoms with E-state index in [0.29, 0.717) is 5.69 Å². The Kier molecular flexibility index (Phi) is 5.95. The Labute approximate surface area is 119 Å². The summed E-state index contributed by atoms with van der Waals surface area (Å²) in [5, 5.41) is 2.50. The van der Waals surface area contributed by atoms with Crippen molar-refractivity contribution in [1.82, 2.24) is 4.90 Å². The molecule has 0 fully saturated rings. The minimum Gasteiger partial charge on any atom is -0.396 e. The molecule has 0 atom stereocenters. The minimum absolute atomic E-state index is 0.0334. The summed E-state index contributed by atoms with van der Waals surface area (Å²) in [6.07, 6.45) is -5.09. The van der Waals surface area contributed by atoms with E-state index in [0.717, 1.165) is 6.07 Å². The summed E-state index contributed by atoms with van der Waals surface area (Å²) in [6.45, 7) is 0.0267. The molecule has 0 aliphatic carbocycles. The monoisotopic (exact) mass is 307 g/mol. The van der Waals surface area contributed by atoms with Gasteiger partial charge in [0.1, 0.15) is 5.82 Å². The van der Waals surface area contributed by atoms with Gasteiger partial charge in [0.05, 0.1) is 12.1 Å². The van der Waals surface area contributed by atoms with Gasteiger partial charge in [-0.25, -0.2) is 4.39 Å². The second-order valence-corrected chi connectivity index (χ2v) is 4.70. The molecule has 3 N–H and O–H groups in total. The average Bonchev–Trinajstić information content (AvgIpc) is 2.37. The first-order valence-electron chi connectivity index (χ1n) is 6.27. The van der Waals surface area contributed by atoms with Crippen LogP contribution in [0.2, 0.25) is 0 Å². The molecule has 0 aromatic heterocycles. The van der Waals surface area contributed by atoms with Gasteiger partial charge in [0.15, 0.2) is 0 Å². The maximum absolute atomic E-state index is 12.9. The van der Waals surface area contributed by atoms with Crippen molar-refractivity contribution < 1.29 is 22.4 Å². The number of nitrogen functional groups attached to an aromatic ring is 1. The van der Waals surface area contributed by atoms with E-state index >= 15 is 0 Å². The van der Waals surface area contributed by atoms with Crippen molar-refractivity contribution in [1.29, 1.82) is 0 Å². The van der Waals surface area contributed by atoms with Crippen LogP contribution in [-0.2, 0) is 4.79 Å². The van der Waals surface area contributed by atoms with E-state index in [9.17, 15) is 22.4 Å². The molecule has 0 unspecified atom stereocenters. The number of nitrogens with two attached hydrogens (primary N) is 1. The molecule has 21 heavy (non-hydrogen) atoms. The van der Waals surface area contributed by atoms with Crippen molar-refractivity contribution in [3.8, 4) is 0 Å². The van der Waals surface area contributed by atoms with Crippen LogP contribution >= 0.6 is 0 Å². The summed E-state index contributed by atoms with van der Waals surface area (Å²) in [5.41, 5.74) is 5.61. The lowest BCUT2D eigenvalue weighted by Crippen LogP contribution is -2.28. The van der Waals surface area contributed by atoms with Crippen molar-refractivity contribution >= 4 is 17.3 Å². The van der Waals surface area contributed by atoms with Crippen LogP contribution in [0.4, 0.5) is 28.9 Å². The number of amides is 1. The number of nitrogens with one attached hydrogen (secondary N) is 1. The van der Waals surface area contributed by atoms with Crippen molar-refractivity contribution in [3.05, 3.63) is 24.0 Å². The third kappa shape index (κ3) is 6.94. The number of hydrogen-bond acceptors (Lipinski definition) is 3. The molecule has 4 nitrogen and oxygen atoms in total. The van der Waals surface area contributed by atoms with E-state index in [-0.39, 0.29) is 31.1 Å². The van der Waals surface area contributed by atoms with Crippen molar-refractivity contribution in [2.24, 2.45) is 0 Å². The van der Waals surface area contributed by atoms with E-state index in [4.69, 9.17) is 5.73 Å². The lowest BCUT2D eigenvalue weighted by Gasteiger charge is -2.17. The molecule has 1 rings (SSSR count). The second kappa shape index (κ2) is 7.26. The minimum atomic E-state index is -4.21. The smallest absolute Gasteiger partial charge is 0.390 e. The first kappa shape index (κ1) is 17.2. The van der Waals surface area contributed by atoms with Gasteiger partial charge in [-0.15, -0.1) is 0 Å². The van der Waals surface area contributed by atoms with Crippen LogP contribution in [0, 0.1) is 5.82 Å². The van der Waals surface area contributed by atoms with Crippen LogP contribution in [-0.4, -0.2) is 37.1 Å². The Bertz CT molecular complexity index is 491. The fourth-order valence-electron chi connectivity index (χ4n) is 1.57. The van der Waals surface area contributed by atoms with Crippen molar-refractivity contribution in [2.75, 3.05) is 31.2 Å². The van der Waals surface area contributed by atoms with Gasteiger partial charge >= 0.3 is 6.18 Å². The molecular weight excluding hydrogens is 290 g/mol. The highest BCUT2D eigenvalue weighted by Crippen LogP contribution is 2.19. The SMILES string of the molecule is CN(CCC(=O)Nc1ccc(F)c(N)c1)CCC(F)(F)F. The number of anilines is 2. The van der Waals surface area contributed by atoms with Gasteiger partial charge in [-0.05, 0) is 25.2 Å². The number of carbonyl (C=O) groups is 1. The fraction of sp³-hybridized carbons (Fsp3) is 0.462. The number of carbonyl (C=O) groups excluding carboxylic acids is 1. The molecular formula is C13H17F4N3O. The van der Waals surface area contributed by atoms with Crippen LogP contribution in [0.3, 0.4) is 0 Å². The summed E-state index contributed by atoms with van der Waals surface area (Å²) in [6, 6.07) is 3.76. The van der Waals surface area contributed by atoms with E-state index in [2.05, 4.69) is 5.32 Å². The molecule has 0 bridgehead atoms. The van der Waals surface area contributed by atoms with Crippen LogP contribution in [0.5, 0.6) is 0 Å². The quantitative estimate of drug-likeness (QED) is 0.627. The van der Waals surface area contributed by atoms with Crippen LogP contribution < -0.4 is 11.1 Å². The maximum atomic E-state index is 12.9. The molecule has 118 valence electrons. The third-order valence-electron chi connectivity index (χ3n) is 2.78. The Morgan fingerprint density at radius 3 is 2.57 bits per heavy atom. The van der Waals surface area contributed by atoms with Gasteiger partial charge in [-0.1, -0.05) is 0 Å². The first-order chi connectivity index (χ1) is 9.67. The summed E-state index contributed by atoms with van der Waals surface area (Å²) in [7, 11) is 1.51. The molecule has 0 heterocycles. The van der Waals surface area contributed by atoms with E-state index in [1.165, 1.54) is 24.1 Å². The molecule has 1 aromatic carbocycles. The zero-order chi connectivity index (χ0) is 16.0. The van der Waals surface area contributed by atoms with Crippen LogP contribution in [0.25, 0.3) is 0 Å². The zero-order valence-electron chi connectivity index (χ0n) is 11.5. The van der Waals surface area contributed by atoms with Gasteiger partial charge in [0.2, 0.25) is 5.91 Å². The number of rotatable bonds is 6. The molecule has 0 saturated carbocycles. The predicted octanol–water partition coefficient (Wildman–Crippen LogP) is 2.62. The van der Waals surface area contributed by atoms with E-state index in [1.54, 1.807) is 0 Å². The highest BCUT2D eigenvalue weighted by Gasteiger charge is 2.27. The summed E-state index contributed by atoms with van der Waals surface area (Å²) in [4.78, 5) is 13.0. The van der Waals surface area contributed by atoms with Gasteiger partial charge in [0.25, 0.3) is 0 Å². The summed E-state index contributed by atoms with van der Waals surface area (Å²) in [5.74, 6) is -0.959. The third-order valence-corrected chi connectivity index (χ3v) is 2.78. The van der Waals surface area contributed by atoms with E-state index < -0.39 is 18.4 Å². The molecule has 0 aliphatic heterocycles. The highest BCUT2D eigenvalue weighted by molar-refractivity contribution is 5.91. The zero-order valence-corrected chi connectivity index (χ0v) is 11.5. The normalized spacial score (nSPS) is 11.7. The average molecular weight is 307 g/mol. The Balaban J connectivity index is 2.35. The molecule has 0 radical (unpaired) electrons. The molecule has 1 aromatic rings. The second-order valence-electron chi connectivity index (χ2n) is 4.70. The lowest BCUT2D eigenvalue weighted by molar-refractivity contribution is -0.137. The largest absolute Gasteiger partial charge is 0.396 e. The predicted molar refractivity (Wildman–Crippen MR) is 72.2 cm³/mol. The maximum Gasteiger partial charge on any atom is 0.390 e. The Morgan fingerprint density at radius 2 is 2.00 bits per heavy atom. The Hall–Kier alpha value is -1.83. The van der Waals surface area contributed by atoms with Crippen LogP contribution in [0.1, 0.15) is 12.8 Å². The number of nitrogens with zero attached hydrogens (tertiary/aromatic N) is 1. The number of halogens is 4. The van der Waals surface area contributed by atoms with Crippen molar-refractivity contribution in [3.63, 3.8) is 0 Å². The number of alkyl halides is 3. The summed E-state index contributed by atoms with van der Waals surface area (Å²) < 4.78 is 49.0. The molecule has 1 amide bonds. The van der Waals surface area contributed by atoms with Crippen molar-refractivity contribution in [2.45, 2.75) is 19.0 Å². The lowest BCUT2D eigenvalue weighted by atomic mass is 10.2. The highest BCUT2D eigenvalue weighted by atomic mass is 19.4. The van der Waals surface area contributed by atoms with Crippen LogP contribution in [0.15, 0.2) is 18.2 Å². The topological polar surface area (TPSA) is 58.4 Å². The van der Waals surface area contributed by atoms with Gasteiger partial charge in [-0.2, -0.15) is 13.2 Å². The van der Waals surface area contributed by atoms with Gasteiger partial charge < -0.3 is 16.0 Å². The standard InChI is InChI=1S/C13H17F4N3O/c1-20(7-5-13(15,16)17)6-4-12(21)19-9-2-3-10(14)11(18)8-9/h2-3,8H,4-7,18H2,1H3,(H,19,21). The molecule has 0 spiro atoms. The molecule has 0 aliphatic rings.